The summed E-state index contributed by atoms with van der Waals surface area (Å²) in [6.45, 7) is 3.22. The lowest BCUT2D eigenvalue weighted by Gasteiger charge is -2.14. The van der Waals surface area contributed by atoms with Crippen LogP contribution in [-0.4, -0.2) is 35.7 Å². The molecule has 1 aromatic carbocycles. The van der Waals surface area contributed by atoms with E-state index in [4.69, 9.17) is 28.3 Å². The number of H-pyrrole nitrogens is 1. The van der Waals surface area contributed by atoms with Gasteiger partial charge < -0.3 is 20.7 Å². The number of nitrogens with one attached hydrogen (secondary N) is 3. The highest BCUT2D eigenvalue weighted by Crippen LogP contribution is 2.42. The zero-order chi connectivity index (χ0) is 16.6. The number of aliphatic hydroxyl groups is 1. The molecule has 0 radical (unpaired) electrons. The van der Waals surface area contributed by atoms with Gasteiger partial charge in [0.25, 0.3) is 0 Å². The molecule has 124 valence electrons. The first-order valence-corrected chi connectivity index (χ1v) is 8.45. The second-order valence-electron chi connectivity index (χ2n) is 5.75. The molecule has 1 aliphatic heterocycles. The van der Waals surface area contributed by atoms with E-state index in [0.29, 0.717) is 29.6 Å². The van der Waals surface area contributed by atoms with Crippen molar-refractivity contribution >= 4 is 45.7 Å². The molecule has 2 aromatic rings. The zero-order valence-electron chi connectivity index (χ0n) is 12.8. The van der Waals surface area contributed by atoms with Crippen molar-refractivity contribution in [3.8, 4) is 0 Å². The van der Waals surface area contributed by atoms with E-state index in [0.717, 1.165) is 34.3 Å². The Bertz CT molecular complexity index is 758. The molecule has 1 amide bonds. The number of aliphatic hydroxyl groups excluding tert-OH is 1. The maximum absolute atomic E-state index is 12.2. The summed E-state index contributed by atoms with van der Waals surface area (Å²) in [6, 6.07) is 1.78. The third-order valence-electron chi connectivity index (χ3n) is 4.24. The van der Waals surface area contributed by atoms with Gasteiger partial charge in [0.2, 0.25) is 5.91 Å². The van der Waals surface area contributed by atoms with Crippen LogP contribution in [0.4, 0.5) is 5.69 Å². The summed E-state index contributed by atoms with van der Waals surface area (Å²) in [6.07, 6.45) is 1.36. The number of fused-ring (bicyclic) bond motifs is 3. The zero-order valence-corrected chi connectivity index (χ0v) is 14.3. The number of aromatic nitrogens is 1. The smallest absolute Gasteiger partial charge is 0.227 e. The van der Waals surface area contributed by atoms with Crippen molar-refractivity contribution in [2.45, 2.75) is 25.7 Å². The fraction of sp³-hybridized carbons (Fsp3) is 0.438. The molecule has 0 aliphatic carbocycles. The van der Waals surface area contributed by atoms with Crippen LogP contribution in [-0.2, 0) is 11.2 Å². The number of halogens is 2. The highest BCUT2D eigenvalue weighted by atomic mass is 35.5. The molecule has 7 heteroatoms. The number of carbonyl (C=O) groups is 1. The largest absolute Gasteiger partial charge is 0.396 e. The number of hydrogen-bond donors (Lipinski definition) is 4. The van der Waals surface area contributed by atoms with Crippen LogP contribution < -0.4 is 10.6 Å². The van der Waals surface area contributed by atoms with E-state index in [2.05, 4.69) is 15.6 Å². The van der Waals surface area contributed by atoms with E-state index in [1.807, 2.05) is 6.92 Å². The number of hydrogen-bond acceptors (Lipinski definition) is 3. The van der Waals surface area contributed by atoms with Crippen LogP contribution >= 0.6 is 23.2 Å². The molecule has 0 fully saturated rings. The van der Waals surface area contributed by atoms with Crippen LogP contribution in [0.2, 0.25) is 10.0 Å². The number of amides is 1. The fourth-order valence-electron chi connectivity index (χ4n) is 3.10. The summed E-state index contributed by atoms with van der Waals surface area (Å²) in [5.74, 6) is -0.256. The van der Waals surface area contributed by atoms with Gasteiger partial charge in [0.05, 0.1) is 21.5 Å². The molecule has 5 nitrogen and oxygen atoms in total. The minimum atomic E-state index is -0.267. The molecule has 0 saturated carbocycles. The van der Waals surface area contributed by atoms with E-state index >= 15 is 0 Å². The molecular formula is C16H19Cl2N3O2. The number of anilines is 1. The second kappa shape index (κ2) is 6.59. The van der Waals surface area contributed by atoms with E-state index in [9.17, 15) is 4.79 Å². The highest BCUT2D eigenvalue weighted by Gasteiger charge is 2.28. The van der Waals surface area contributed by atoms with Crippen LogP contribution in [0.5, 0.6) is 0 Å². The van der Waals surface area contributed by atoms with Crippen LogP contribution in [0.15, 0.2) is 6.07 Å². The van der Waals surface area contributed by atoms with Crippen molar-refractivity contribution in [3.05, 3.63) is 27.4 Å². The van der Waals surface area contributed by atoms with Crippen molar-refractivity contribution in [2.24, 2.45) is 0 Å². The Labute approximate surface area is 144 Å². The first-order valence-electron chi connectivity index (χ1n) is 7.69. The van der Waals surface area contributed by atoms with Gasteiger partial charge >= 0.3 is 0 Å². The minimum absolute atomic E-state index is 0.0111. The highest BCUT2D eigenvalue weighted by molar-refractivity contribution is 6.45. The minimum Gasteiger partial charge on any atom is -0.396 e. The van der Waals surface area contributed by atoms with E-state index in [1.54, 1.807) is 6.07 Å². The molecule has 3 rings (SSSR count). The molecule has 1 aromatic heterocycles. The van der Waals surface area contributed by atoms with Crippen molar-refractivity contribution in [3.63, 3.8) is 0 Å². The molecule has 0 spiro atoms. The van der Waals surface area contributed by atoms with Crippen LogP contribution in [0.25, 0.3) is 10.9 Å². The average molecular weight is 356 g/mol. The van der Waals surface area contributed by atoms with Crippen molar-refractivity contribution in [1.29, 1.82) is 0 Å². The van der Waals surface area contributed by atoms with E-state index in [1.165, 1.54) is 0 Å². The normalized spacial score (nSPS) is 17.7. The standard InChI is InChI=1S/C16H19Cl2N3O2/c1-8-12-10(3-5-20-16(8)23)21-15-13(12)11(19-4-2-6-22)7-9(17)14(15)18/h7-8,19,21-22H,2-6H2,1H3,(H,20,23)/t8-/m1/s1. The molecule has 4 N–H and O–H groups in total. The summed E-state index contributed by atoms with van der Waals surface area (Å²) in [5.41, 5.74) is 3.58. The molecule has 2 heterocycles. The molecular weight excluding hydrogens is 337 g/mol. The Morgan fingerprint density at radius 2 is 2.22 bits per heavy atom. The van der Waals surface area contributed by atoms with Gasteiger partial charge in [-0.3, -0.25) is 4.79 Å². The first-order chi connectivity index (χ1) is 11.0. The van der Waals surface area contributed by atoms with Gasteiger partial charge in [-0.15, -0.1) is 0 Å². The van der Waals surface area contributed by atoms with Crippen LogP contribution in [0.1, 0.15) is 30.5 Å². The molecule has 0 saturated heterocycles. The number of benzene rings is 1. The maximum atomic E-state index is 12.2. The van der Waals surface area contributed by atoms with Gasteiger partial charge in [0, 0.05) is 42.9 Å². The van der Waals surface area contributed by atoms with Gasteiger partial charge in [0.1, 0.15) is 0 Å². The summed E-state index contributed by atoms with van der Waals surface area (Å²) < 4.78 is 0. The first kappa shape index (κ1) is 16.4. The van der Waals surface area contributed by atoms with Gasteiger partial charge in [-0.1, -0.05) is 23.2 Å². The molecule has 1 atom stereocenters. The Balaban J connectivity index is 2.20. The Morgan fingerprint density at radius 3 is 2.96 bits per heavy atom. The summed E-state index contributed by atoms with van der Waals surface area (Å²) in [5, 5.41) is 17.0. The lowest BCUT2D eigenvalue weighted by atomic mass is 9.96. The maximum Gasteiger partial charge on any atom is 0.227 e. The molecule has 0 bridgehead atoms. The van der Waals surface area contributed by atoms with Crippen molar-refractivity contribution < 1.29 is 9.90 Å². The fourth-order valence-corrected chi connectivity index (χ4v) is 3.50. The Hall–Kier alpha value is -1.43. The van der Waals surface area contributed by atoms with Crippen molar-refractivity contribution in [1.82, 2.24) is 10.3 Å². The lowest BCUT2D eigenvalue weighted by Crippen LogP contribution is -2.26. The summed E-state index contributed by atoms with van der Waals surface area (Å²) in [4.78, 5) is 15.6. The van der Waals surface area contributed by atoms with E-state index in [-0.39, 0.29) is 18.4 Å². The van der Waals surface area contributed by atoms with Gasteiger partial charge in [-0.25, -0.2) is 0 Å². The number of carbonyl (C=O) groups excluding carboxylic acids is 1. The monoisotopic (exact) mass is 355 g/mol. The summed E-state index contributed by atoms with van der Waals surface area (Å²) in [7, 11) is 0. The van der Waals surface area contributed by atoms with Gasteiger partial charge in [-0.05, 0) is 25.0 Å². The predicted octanol–water partition coefficient (Wildman–Crippen LogP) is 3.04. The molecule has 1 aliphatic rings. The second-order valence-corrected chi connectivity index (χ2v) is 6.54. The third-order valence-corrected chi connectivity index (χ3v) is 5.03. The van der Waals surface area contributed by atoms with Crippen LogP contribution in [0.3, 0.4) is 0 Å². The predicted molar refractivity (Wildman–Crippen MR) is 93.6 cm³/mol. The molecule has 0 unspecified atom stereocenters. The average Bonchev–Trinajstić information content (AvgIpc) is 2.85. The van der Waals surface area contributed by atoms with Gasteiger partial charge in [0.15, 0.2) is 0 Å². The van der Waals surface area contributed by atoms with E-state index < -0.39 is 0 Å². The number of rotatable bonds is 4. The number of aromatic amines is 1. The van der Waals surface area contributed by atoms with Gasteiger partial charge in [-0.2, -0.15) is 0 Å². The Morgan fingerprint density at radius 1 is 1.43 bits per heavy atom. The topological polar surface area (TPSA) is 77.2 Å². The SMILES string of the molecule is C[C@H]1C(=O)NCCc2[nH]c3c(Cl)c(Cl)cc(NCCCO)c3c21. The summed E-state index contributed by atoms with van der Waals surface area (Å²) >= 11 is 12.6. The third kappa shape index (κ3) is 2.89. The quantitative estimate of drug-likeness (QED) is 0.636. The molecule has 23 heavy (non-hydrogen) atoms. The Kier molecular flexibility index (Phi) is 4.71. The van der Waals surface area contributed by atoms with Crippen LogP contribution in [0, 0.1) is 0 Å². The lowest BCUT2D eigenvalue weighted by molar-refractivity contribution is -0.121. The van der Waals surface area contributed by atoms with Crippen molar-refractivity contribution in [2.75, 3.05) is 25.0 Å².